The molecule has 0 bridgehead atoms. The molecular formula is C11H9N5O. The van der Waals surface area contributed by atoms with Crippen LogP contribution in [0.25, 0.3) is 17.0 Å². The largest absolute Gasteiger partial charge is 0.497 e. The SMILES string of the molecule is COc1ccc(-c2cnn3cnnc3n2)cc1. The molecule has 0 amide bonds. The third-order valence-electron chi connectivity index (χ3n) is 2.42. The van der Waals surface area contributed by atoms with Gasteiger partial charge in [0.2, 0.25) is 0 Å². The number of aromatic nitrogens is 5. The third-order valence-corrected chi connectivity index (χ3v) is 2.42. The molecule has 2 aromatic heterocycles. The zero-order valence-corrected chi connectivity index (χ0v) is 9.11. The van der Waals surface area contributed by atoms with Gasteiger partial charge >= 0.3 is 0 Å². The Balaban J connectivity index is 2.06. The second-order valence-electron chi connectivity index (χ2n) is 3.45. The lowest BCUT2D eigenvalue weighted by molar-refractivity contribution is 0.415. The Kier molecular flexibility index (Phi) is 2.18. The van der Waals surface area contributed by atoms with Crippen LogP contribution in [0.4, 0.5) is 0 Å². The lowest BCUT2D eigenvalue weighted by atomic mass is 10.1. The lowest BCUT2D eigenvalue weighted by Crippen LogP contribution is -1.95. The molecule has 0 saturated heterocycles. The fourth-order valence-corrected chi connectivity index (χ4v) is 1.53. The highest BCUT2D eigenvalue weighted by Crippen LogP contribution is 2.19. The first kappa shape index (κ1) is 9.71. The molecule has 17 heavy (non-hydrogen) atoms. The van der Waals surface area contributed by atoms with Gasteiger partial charge in [-0.05, 0) is 24.3 Å². The van der Waals surface area contributed by atoms with Crippen molar-refractivity contribution in [3.8, 4) is 17.0 Å². The van der Waals surface area contributed by atoms with Crippen LogP contribution in [0.3, 0.4) is 0 Å². The molecule has 0 aliphatic carbocycles. The zero-order valence-electron chi connectivity index (χ0n) is 9.11. The zero-order chi connectivity index (χ0) is 11.7. The number of benzene rings is 1. The van der Waals surface area contributed by atoms with E-state index in [4.69, 9.17) is 4.74 Å². The summed E-state index contributed by atoms with van der Waals surface area (Å²) in [5.74, 6) is 1.29. The number of methoxy groups -OCH3 is 1. The van der Waals surface area contributed by atoms with Crippen molar-refractivity contribution < 1.29 is 4.74 Å². The van der Waals surface area contributed by atoms with E-state index in [1.54, 1.807) is 13.3 Å². The lowest BCUT2D eigenvalue weighted by Gasteiger charge is -2.02. The molecule has 3 aromatic rings. The fraction of sp³-hybridized carbons (Fsp3) is 0.0909. The summed E-state index contributed by atoms with van der Waals surface area (Å²) in [6.45, 7) is 0. The molecule has 0 aliphatic rings. The van der Waals surface area contributed by atoms with Crippen molar-refractivity contribution in [3.63, 3.8) is 0 Å². The summed E-state index contributed by atoms with van der Waals surface area (Å²) in [6.07, 6.45) is 3.19. The van der Waals surface area contributed by atoms with Crippen LogP contribution >= 0.6 is 0 Å². The van der Waals surface area contributed by atoms with Crippen LogP contribution in [0.5, 0.6) is 5.75 Å². The highest BCUT2D eigenvalue weighted by atomic mass is 16.5. The van der Waals surface area contributed by atoms with Crippen molar-refractivity contribution in [2.45, 2.75) is 0 Å². The summed E-state index contributed by atoms with van der Waals surface area (Å²) in [6, 6.07) is 7.61. The van der Waals surface area contributed by atoms with E-state index in [1.807, 2.05) is 24.3 Å². The molecule has 0 radical (unpaired) electrons. The Morgan fingerprint density at radius 3 is 2.76 bits per heavy atom. The quantitative estimate of drug-likeness (QED) is 0.658. The molecule has 0 aliphatic heterocycles. The van der Waals surface area contributed by atoms with Crippen molar-refractivity contribution in [1.82, 2.24) is 24.8 Å². The first-order valence-corrected chi connectivity index (χ1v) is 5.04. The number of hydrogen-bond donors (Lipinski definition) is 0. The van der Waals surface area contributed by atoms with Crippen molar-refractivity contribution in [2.24, 2.45) is 0 Å². The number of hydrogen-bond acceptors (Lipinski definition) is 5. The summed E-state index contributed by atoms with van der Waals surface area (Å²) in [5, 5.41) is 11.7. The smallest absolute Gasteiger partial charge is 0.272 e. The summed E-state index contributed by atoms with van der Waals surface area (Å²) in [5.41, 5.74) is 1.72. The molecule has 0 unspecified atom stereocenters. The van der Waals surface area contributed by atoms with E-state index in [-0.39, 0.29) is 0 Å². The molecule has 0 atom stereocenters. The first-order chi connectivity index (χ1) is 8.36. The van der Waals surface area contributed by atoms with Crippen LogP contribution in [-0.2, 0) is 0 Å². The maximum absolute atomic E-state index is 5.10. The van der Waals surface area contributed by atoms with Crippen molar-refractivity contribution >= 4 is 5.78 Å². The maximum Gasteiger partial charge on any atom is 0.272 e. The van der Waals surface area contributed by atoms with Crippen LogP contribution in [-0.4, -0.2) is 31.9 Å². The molecule has 0 N–H and O–H groups in total. The van der Waals surface area contributed by atoms with Crippen LogP contribution in [0, 0.1) is 0 Å². The molecule has 6 nitrogen and oxygen atoms in total. The molecule has 1 aromatic carbocycles. The van der Waals surface area contributed by atoms with Gasteiger partial charge in [0.25, 0.3) is 5.78 Å². The number of nitrogens with zero attached hydrogens (tertiary/aromatic N) is 5. The molecule has 6 heteroatoms. The Morgan fingerprint density at radius 1 is 1.18 bits per heavy atom. The van der Waals surface area contributed by atoms with Gasteiger partial charge < -0.3 is 4.74 Å². The maximum atomic E-state index is 5.10. The molecule has 0 saturated carbocycles. The molecule has 84 valence electrons. The minimum atomic E-state index is 0.485. The second kappa shape index (κ2) is 3.82. The molecule has 2 heterocycles. The van der Waals surface area contributed by atoms with Crippen molar-refractivity contribution in [1.29, 1.82) is 0 Å². The van der Waals surface area contributed by atoms with Gasteiger partial charge in [-0.2, -0.15) is 9.61 Å². The normalized spacial score (nSPS) is 10.6. The summed E-state index contributed by atoms with van der Waals surface area (Å²) in [4.78, 5) is 4.35. The van der Waals surface area contributed by atoms with Gasteiger partial charge in [0.1, 0.15) is 12.1 Å². The predicted octanol–water partition coefficient (Wildman–Crippen LogP) is 1.19. The van der Waals surface area contributed by atoms with Gasteiger partial charge in [-0.3, -0.25) is 0 Å². The molecule has 0 fully saturated rings. The third kappa shape index (κ3) is 1.69. The summed E-state index contributed by atoms with van der Waals surface area (Å²) >= 11 is 0. The van der Waals surface area contributed by atoms with Gasteiger partial charge in [-0.1, -0.05) is 0 Å². The standard InChI is InChI=1S/C11H9N5O/c1-17-9-4-2-8(3-5-9)10-6-13-16-7-12-15-11(16)14-10/h2-7H,1H3. The van der Waals surface area contributed by atoms with Crippen molar-refractivity contribution in [3.05, 3.63) is 36.8 Å². The van der Waals surface area contributed by atoms with Gasteiger partial charge in [-0.25, -0.2) is 4.98 Å². The number of ether oxygens (including phenoxy) is 1. The average Bonchev–Trinajstić information content (AvgIpc) is 2.86. The Labute approximate surface area is 96.9 Å². The number of rotatable bonds is 2. The predicted molar refractivity (Wildman–Crippen MR) is 60.6 cm³/mol. The highest BCUT2D eigenvalue weighted by Gasteiger charge is 2.03. The van der Waals surface area contributed by atoms with Crippen LogP contribution in [0.1, 0.15) is 0 Å². The second-order valence-corrected chi connectivity index (χ2v) is 3.45. The van der Waals surface area contributed by atoms with E-state index in [0.717, 1.165) is 17.0 Å². The minimum absolute atomic E-state index is 0.485. The highest BCUT2D eigenvalue weighted by molar-refractivity contribution is 5.60. The summed E-state index contributed by atoms with van der Waals surface area (Å²) < 4.78 is 6.62. The Morgan fingerprint density at radius 2 is 2.00 bits per heavy atom. The summed E-state index contributed by atoms with van der Waals surface area (Å²) in [7, 11) is 1.64. The fourth-order valence-electron chi connectivity index (χ4n) is 1.53. The van der Waals surface area contributed by atoms with E-state index in [0.29, 0.717) is 5.78 Å². The van der Waals surface area contributed by atoms with E-state index >= 15 is 0 Å². The van der Waals surface area contributed by atoms with Crippen LogP contribution in [0.2, 0.25) is 0 Å². The van der Waals surface area contributed by atoms with Gasteiger partial charge in [-0.15, -0.1) is 10.2 Å². The minimum Gasteiger partial charge on any atom is -0.497 e. The Hall–Kier alpha value is -2.50. The van der Waals surface area contributed by atoms with E-state index < -0.39 is 0 Å². The molecule has 3 rings (SSSR count). The van der Waals surface area contributed by atoms with E-state index in [1.165, 1.54) is 10.8 Å². The number of fused-ring (bicyclic) bond motifs is 1. The van der Waals surface area contributed by atoms with E-state index in [9.17, 15) is 0 Å². The van der Waals surface area contributed by atoms with Gasteiger partial charge in [0, 0.05) is 5.56 Å². The van der Waals surface area contributed by atoms with Gasteiger partial charge in [0.15, 0.2) is 0 Å². The first-order valence-electron chi connectivity index (χ1n) is 5.04. The Bertz CT molecular complexity index is 646. The van der Waals surface area contributed by atoms with E-state index in [2.05, 4.69) is 20.3 Å². The molecule has 0 spiro atoms. The average molecular weight is 227 g/mol. The topological polar surface area (TPSA) is 65.2 Å². The monoisotopic (exact) mass is 227 g/mol. The van der Waals surface area contributed by atoms with Gasteiger partial charge in [0.05, 0.1) is 19.0 Å². The molecular weight excluding hydrogens is 218 g/mol. The van der Waals surface area contributed by atoms with Crippen LogP contribution in [0.15, 0.2) is 36.8 Å². The van der Waals surface area contributed by atoms with Crippen LogP contribution < -0.4 is 4.74 Å². The van der Waals surface area contributed by atoms with Crippen molar-refractivity contribution in [2.75, 3.05) is 7.11 Å².